The molecule has 2 rings (SSSR count). The van der Waals surface area contributed by atoms with Crippen molar-refractivity contribution in [3.8, 4) is 5.75 Å². The Hall–Kier alpha value is -1.39. The minimum atomic E-state index is -0.322. The molecule has 0 radical (unpaired) electrons. The van der Waals surface area contributed by atoms with Gasteiger partial charge in [-0.3, -0.25) is 0 Å². The number of ether oxygens (including phenoxy) is 2. The Morgan fingerprint density at radius 2 is 2.09 bits per heavy atom. The van der Waals surface area contributed by atoms with E-state index >= 15 is 0 Å². The number of hydrogen-bond donors (Lipinski definition) is 1. The number of rotatable bonds is 7. The van der Waals surface area contributed by atoms with Gasteiger partial charge in [0.05, 0.1) is 7.11 Å². The summed E-state index contributed by atoms with van der Waals surface area (Å²) in [6.45, 7) is 10.9. The van der Waals surface area contributed by atoms with Crippen molar-refractivity contribution in [1.29, 1.82) is 0 Å². The molecule has 1 saturated heterocycles. The van der Waals surface area contributed by atoms with Gasteiger partial charge in [-0.2, -0.15) is 0 Å². The lowest BCUT2D eigenvalue weighted by molar-refractivity contribution is 0.0778. The third-order valence-electron chi connectivity index (χ3n) is 4.60. The summed E-state index contributed by atoms with van der Waals surface area (Å²) in [6.07, 6.45) is 2.05. The van der Waals surface area contributed by atoms with Crippen LogP contribution in [-0.2, 0) is 4.74 Å². The van der Waals surface area contributed by atoms with Crippen molar-refractivity contribution in [1.82, 2.24) is 5.32 Å². The Labute approximate surface area is 138 Å². The summed E-state index contributed by atoms with van der Waals surface area (Å²) in [5.41, 5.74) is 2.07. The maximum absolute atomic E-state index is 14.1. The summed E-state index contributed by atoms with van der Waals surface area (Å²) in [5.74, 6) is 0.401. The Balaban J connectivity index is 2.13. The van der Waals surface area contributed by atoms with Crippen LogP contribution in [0.3, 0.4) is 0 Å². The first-order chi connectivity index (χ1) is 11.0. The van der Waals surface area contributed by atoms with E-state index in [9.17, 15) is 4.39 Å². The van der Waals surface area contributed by atoms with Crippen LogP contribution < -0.4 is 10.1 Å². The van der Waals surface area contributed by atoms with Crippen molar-refractivity contribution in [2.75, 3.05) is 26.9 Å². The van der Waals surface area contributed by atoms with Crippen molar-refractivity contribution < 1.29 is 13.9 Å². The fourth-order valence-electron chi connectivity index (χ4n) is 2.95. The van der Waals surface area contributed by atoms with Crippen LogP contribution in [0.25, 0.3) is 0 Å². The maximum Gasteiger partial charge on any atom is 0.165 e. The van der Waals surface area contributed by atoms with Gasteiger partial charge in [0, 0.05) is 31.7 Å². The molecule has 1 atom stereocenters. The summed E-state index contributed by atoms with van der Waals surface area (Å²) in [4.78, 5) is 0. The molecule has 1 heterocycles. The van der Waals surface area contributed by atoms with Crippen molar-refractivity contribution in [2.45, 2.75) is 38.6 Å². The van der Waals surface area contributed by atoms with Crippen LogP contribution in [0, 0.1) is 11.7 Å². The maximum atomic E-state index is 14.1. The van der Waals surface area contributed by atoms with E-state index in [1.54, 1.807) is 12.1 Å². The third-order valence-corrected chi connectivity index (χ3v) is 4.60. The monoisotopic (exact) mass is 321 g/mol. The van der Waals surface area contributed by atoms with Gasteiger partial charge in [-0.1, -0.05) is 32.1 Å². The van der Waals surface area contributed by atoms with Crippen LogP contribution in [-0.4, -0.2) is 32.9 Å². The second kappa shape index (κ2) is 8.46. The minimum Gasteiger partial charge on any atom is -0.494 e. The molecule has 1 aromatic rings. The van der Waals surface area contributed by atoms with E-state index in [4.69, 9.17) is 9.47 Å². The first-order valence-corrected chi connectivity index (χ1v) is 8.36. The van der Waals surface area contributed by atoms with Gasteiger partial charge < -0.3 is 14.8 Å². The Morgan fingerprint density at radius 1 is 1.39 bits per heavy atom. The van der Waals surface area contributed by atoms with Gasteiger partial charge in [0.15, 0.2) is 11.6 Å². The van der Waals surface area contributed by atoms with Crippen molar-refractivity contribution in [3.05, 3.63) is 41.7 Å². The van der Waals surface area contributed by atoms with Gasteiger partial charge in [-0.25, -0.2) is 4.39 Å². The third kappa shape index (κ3) is 4.79. The molecule has 0 amide bonds. The summed E-state index contributed by atoms with van der Waals surface area (Å²) >= 11 is 0. The molecular formula is C19H28FNO2. The van der Waals surface area contributed by atoms with Gasteiger partial charge in [-0.05, 0) is 36.5 Å². The van der Waals surface area contributed by atoms with Crippen LogP contribution in [0.4, 0.5) is 4.39 Å². The molecule has 1 N–H and O–H groups in total. The summed E-state index contributed by atoms with van der Waals surface area (Å²) in [7, 11) is 1.48. The van der Waals surface area contributed by atoms with Crippen molar-refractivity contribution >= 4 is 0 Å². The first kappa shape index (κ1) is 18.0. The number of methoxy groups -OCH3 is 1. The molecule has 0 spiro atoms. The topological polar surface area (TPSA) is 30.5 Å². The second-order valence-corrected chi connectivity index (χ2v) is 6.47. The number of halogens is 1. The Bertz CT molecular complexity index is 524. The van der Waals surface area contributed by atoms with Crippen LogP contribution in [0.5, 0.6) is 5.75 Å². The van der Waals surface area contributed by atoms with Crippen LogP contribution in [0.2, 0.25) is 0 Å². The standard InChI is InChI=1S/C19H28FNO2/c1-13(2)14(3)17(12-21-16-7-9-23-10-8-16)15-5-6-19(22-4)18(20)11-15/h5-6,11,13,16-17,21H,3,7-10,12H2,1-2,4H3/t17-/m0/s1. The van der Waals surface area contributed by atoms with Gasteiger partial charge in [-0.15, -0.1) is 0 Å². The zero-order valence-corrected chi connectivity index (χ0v) is 14.4. The molecule has 23 heavy (non-hydrogen) atoms. The van der Waals surface area contributed by atoms with E-state index < -0.39 is 0 Å². The molecule has 0 aromatic heterocycles. The van der Waals surface area contributed by atoms with E-state index in [0.717, 1.165) is 43.7 Å². The molecule has 1 fully saturated rings. The van der Waals surface area contributed by atoms with E-state index in [1.165, 1.54) is 7.11 Å². The fourth-order valence-corrected chi connectivity index (χ4v) is 2.95. The molecule has 4 heteroatoms. The average Bonchev–Trinajstić information content (AvgIpc) is 2.56. The highest BCUT2D eigenvalue weighted by Gasteiger charge is 2.21. The largest absolute Gasteiger partial charge is 0.494 e. The van der Waals surface area contributed by atoms with Gasteiger partial charge in [0.1, 0.15) is 0 Å². The Morgan fingerprint density at radius 3 is 2.65 bits per heavy atom. The molecule has 0 bridgehead atoms. The van der Waals surface area contributed by atoms with E-state index in [-0.39, 0.29) is 17.5 Å². The van der Waals surface area contributed by atoms with E-state index in [2.05, 4.69) is 25.7 Å². The zero-order valence-electron chi connectivity index (χ0n) is 14.4. The zero-order chi connectivity index (χ0) is 16.8. The van der Waals surface area contributed by atoms with Gasteiger partial charge in [0.25, 0.3) is 0 Å². The van der Waals surface area contributed by atoms with Crippen molar-refractivity contribution in [3.63, 3.8) is 0 Å². The highest BCUT2D eigenvalue weighted by molar-refractivity contribution is 5.35. The lowest BCUT2D eigenvalue weighted by Gasteiger charge is -2.28. The van der Waals surface area contributed by atoms with Crippen LogP contribution in [0.15, 0.2) is 30.4 Å². The molecule has 1 aliphatic rings. The molecule has 1 aromatic carbocycles. The summed E-state index contributed by atoms with van der Waals surface area (Å²) < 4.78 is 24.5. The number of hydrogen-bond acceptors (Lipinski definition) is 3. The lowest BCUT2D eigenvalue weighted by Crippen LogP contribution is -2.37. The van der Waals surface area contributed by atoms with Crippen LogP contribution >= 0.6 is 0 Å². The van der Waals surface area contributed by atoms with E-state index in [1.807, 2.05) is 6.07 Å². The van der Waals surface area contributed by atoms with Crippen LogP contribution in [0.1, 0.15) is 38.2 Å². The molecule has 0 unspecified atom stereocenters. The predicted octanol–water partition coefficient (Wildman–Crippen LogP) is 3.90. The van der Waals surface area contributed by atoms with Gasteiger partial charge >= 0.3 is 0 Å². The molecule has 128 valence electrons. The Kier molecular flexibility index (Phi) is 6.60. The van der Waals surface area contributed by atoms with Crippen molar-refractivity contribution in [2.24, 2.45) is 5.92 Å². The lowest BCUT2D eigenvalue weighted by atomic mass is 9.85. The highest BCUT2D eigenvalue weighted by atomic mass is 19.1. The minimum absolute atomic E-state index is 0.0956. The average molecular weight is 321 g/mol. The summed E-state index contributed by atoms with van der Waals surface area (Å²) in [5, 5.41) is 3.61. The summed E-state index contributed by atoms with van der Waals surface area (Å²) in [6, 6.07) is 5.67. The molecule has 1 aliphatic heterocycles. The SMILES string of the molecule is C=C(C(C)C)[C@H](CNC1CCOCC1)c1ccc(OC)c(F)c1. The van der Waals surface area contributed by atoms with E-state index in [0.29, 0.717) is 12.0 Å². The van der Waals surface area contributed by atoms with Gasteiger partial charge in [0.2, 0.25) is 0 Å². The quantitative estimate of drug-likeness (QED) is 0.773. The number of benzene rings is 1. The fraction of sp³-hybridized carbons (Fsp3) is 0.579. The second-order valence-electron chi connectivity index (χ2n) is 6.47. The number of nitrogens with one attached hydrogen (secondary N) is 1. The normalized spacial score (nSPS) is 17.3. The highest BCUT2D eigenvalue weighted by Crippen LogP contribution is 2.31. The molecule has 0 aliphatic carbocycles. The molecular weight excluding hydrogens is 293 g/mol. The smallest absolute Gasteiger partial charge is 0.165 e. The molecule has 0 saturated carbocycles. The predicted molar refractivity (Wildman–Crippen MR) is 91.5 cm³/mol. The molecule has 3 nitrogen and oxygen atoms in total. The first-order valence-electron chi connectivity index (χ1n) is 8.36.